The van der Waals surface area contributed by atoms with E-state index >= 15 is 0 Å². The standard InChI is InChI=1S/C27H26Cl2N2O3/c1-17(32)30-25-13-12-23(29)14-24(25)27(34)31(16-26(33)21-8-10-22(28)11-9-21)15-18-2-4-19(5-3-18)20-6-7-20/h2-5,8-14,20,26,33H,6-7,15-16H2,1H3,(H,30,32)/t26-/m1/s1. The third-order valence-electron chi connectivity index (χ3n) is 5.86. The Morgan fingerprint density at radius 1 is 1.00 bits per heavy atom. The van der Waals surface area contributed by atoms with E-state index in [2.05, 4.69) is 17.4 Å². The molecule has 1 fully saturated rings. The number of hydrogen-bond acceptors (Lipinski definition) is 3. The maximum absolute atomic E-state index is 13.7. The molecule has 176 valence electrons. The van der Waals surface area contributed by atoms with Crippen molar-refractivity contribution in [2.45, 2.75) is 38.3 Å². The van der Waals surface area contributed by atoms with Crippen LogP contribution in [0.25, 0.3) is 0 Å². The topological polar surface area (TPSA) is 69.6 Å². The van der Waals surface area contributed by atoms with Crippen LogP contribution in [0.4, 0.5) is 5.69 Å². The Labute approximate surface area is 209 Å². The third kappa shape index (κ3) is 6.17. The number of aliphatic hydroxyl groups is 1. The molecule has 1 aliphatic rings. The Bertz CT molecular complexity index is 1180. The van der Waals surface area contributed by atoms with E-state index < -0.39 is 6.10 Å². The van der Waals surface area contributed by atoms with Gasteiger partial charge in [0, 0.05) is 23.5 Å². The van der Waals surface area contributed by atoms with Crippen molar-refractivity contribution in [1.82, 2.24) is 4.90 Å². The Kier molecular flexibility index (Phi) is 7.57. The van der Waals surface area contributed by atoms with E-state index in [4.69, 9.17) is 23.2 Å². The smallest absolute Gasteiger partial charge is 0.256 e. The average Bonchev–Trinajstić information content (AvgIpc) is 3.65. The van der Waals surface area contributed by atoms with E-state index in [0.717, 1.165) is 5.56 Å². The first-order valence-corrected chi connectivity index (χ1v) is 11.9. The van der Waals surface area contributed by atoms with Gasteiger partial charge in [-0.25, -0.2) is 0 Å². The summed E-state index contributed by atoms with van der Waals surface area (Å²) in [6.07, 6.45) is 1.52. The fraction of sp³-hybridized carbons (Fsp3) is 0.259. The predicted molar refractivity (Wildman–Crippen MR) is 135 cm³/mol. The quantitative estimate of drug-likeness (QED) is 0.389. The highest BCUT2D eigenvalue weighted by molar-refractivity contribution is 6.31. The van der Waals surface area contributed by atoms with Gasteiger partial charge in [-0.1, -0.05) is 59.6 Å². The third-order valence-corrected chi connectivity index (χ3v) is 6.35. The molecule has 34 heavy (non-hydrogen) atoms. The summed E-state index contributed by atoms with van der Waals surface area (Å²) >= 11 is 12.2. The molecule has 0 aliphatic heterocycles. The van der Waals surface area contributed by atoms with Crippen LogP contribution >= 0.6 is 23.2 Å². The molecule has 2 N–H and O–H groups in total. The van der Waals surface area contributed by atoms with Crippen LogP contribution in [0, 0.1) is 0 Å². The molecule has 4 rings (SSSR count). The van der Waals surface area contributed by atoms with Crippen LogP contribution in [0.1, 0.15) is 58.8 Å². The van der Waals surface area contributed by atoms with Crippen molar-refractivity contribution in [3.8, 4) is 0 Å². The van der Waals surface area contributed by atoms with Gasteiger partial charge in [-0.15, -0.1) is 0 Å². The molecule has 1 saturated carbocycles. The van der Waals surface area contributed by atoms with Crippen molar-refractivity contribution >= 4 is 40.7 Å². The van der Waals surface area contributed by atoms with E-state index in [1.807, 2.05) is 12.1 Å². The Morgan fingerprint density at radius 2 is 1.65 bits per heavy atom. The predicted octanol–water partition coefficient (Wildman–Crippen LogP) is 6.21. The van der Waals surface area contributed by atoms with Gasteiger partial charge in [0.05, 0.1) is 23.9 Å². The number of carbonyl (C=O) groups is 2. The molecule has 0 saturated heterocycles. The molecule has 0 radical (unpaired) electrons. The second-order valence-electron chi connectivity index (χ2n) is 8.64. The normalized spacial score (nSPS) is 13.9. The van der Waals surface area contributed by atoms with Crippen LogP contribution in [0.15, 0.2) is 66.7 Å². The lowest BCUT2D eigenvalue weighted by Gasteiger charge is -2.27. The molecule has 3 aromatic rings. The minimum absolute atomic E-state index is 0.0524. The van der Waals surface area contributed by atoms with Gasteiger partial charge in [-0.05, 0) is 65.8 Å². The first-order valence-electron chi connectivity index (χ1n) is 11.2. The van der Waals surface area contributed by atoms with E-state index in [1.165, 1.54) is 31.4 Å². The zero-order valence-electron chi connectivity index (χ0n) is 18.8. The SMILES string of the molecule is CC(=O)Nc1ccc(Cl)cc1C(=O)N(Cc1ccc(C2CC2)cc1)C[C@@H](O)c1ccc(Cl)cc1. The van der Waals surface area contributed by atoms with Crippen molar-refractivity contribution in [2.75, 3.05) is 11.9 Å². The molecule has 0 aromatic heterocycles. The van der Waals surface area contributed by atoms with Gasteiger partial charge in [0.1, 0.15) is 0 Å². The van der Waals surface area contributed by atoms with Crippen molar-refractivity contribution in [3.63, 3.8) is 0 Å². The number of benzene rings is 3. The summed E-state index contributed by atoms with van der Waals surface area (Å²) in [4.78, 5) is 27.0. The fourth-order valence-electron chi connectivity index (χ4n) is 3.91. The number of halogens is 2. The molecule has 1 atom stereocenters. The lowest BCUT2D eigenvalue weighted by atomic mass is 10.0. The minimum Gasteiger partial charge on any atom is -0.387 e. The van der Waals surface area contributed by atoms with Gasteiger partial charge in [0.2, 0.25) is 5.91 Å². The molecule has 3 aromatic carbocycles. The highest BCUT2D eigenvalue weighted by atomic mass is 35.5. The number of rotatable bonds is 8. The van der Waals surface area contributed by atoms with Crippen LogP contribution < -0.4 is 5.32 Å². The van der Waals surface area contributed by atoms with E-state index in [-0.39, 0.29) is 23.9 Å². The lowest BCUT2D eigenvalue weighted by Crippen LogP contribution is -2.35. The minimum atomic E-state index is -0.921. The van der Waals surface area contributed by atoms with Crippen LogP contribution in [-0.2, 0) is 11.3 Å². The van der Waals surface area contributed by atoms with Crippen molar-refractivity contribution in [3.05, 3.63) is 99.0 Å². The number of carbonyl (C=O) groups excluding carboxylic acids is 2. The number of anilines is 1. The highest BCUT2D eigenvalue weighted by Gasteiger charge is 2.25. The summed E-state index contributed by atoms with van der Waals surface area (Å²) in [5.74, 6) is 0.00973. The van der Waals surface area contributed by atoms with Crippen molar-refractivity contribution in [2.24, 2.45) is 0 Å². The first-order chi connectivity index (χ1) is 16.3. The second kappa shape index (κ2) is 10.6. The Balaban J connectivity index is 1.63. The summed E-state index contributed by atoms with van der Waals surface area (Å²) in [6.45, 7) is 1.73. The second-order valence-corrected chi connectivity index (χ2v) is 9.51. The van der Waals surface area contributed by atoms with Gasteiger partial charge < -0.3 is 15.3 Å². The molecule has 0 heterocycles. The molecule has 5 nitrogen and oxygen atoms in total. The Hall–Kier alpha value is -2.86. The molecule has 0 unspecified atom stereocenters. The monoisotopic (exact) mass is 496 g/mol. The zero-order valence-corrected chi connectivity index (χ0v) is 20.3. The molecule has 0 bridgehead atoms. The summed E-state index contributed by atoms with van der Waals surface area (Å²) in [5, 5.41) is 14.6. The van der Waals surface area contributed by atoms with E-state index in [1.54, 1.807) is 41.3 Å². The van der Waals surface area contributed by atoms with Crippen LogP contribution in [0.5, 0.6) is 0 Å². The lowest BCUT2D eigenvalue weighted by molar-refractivity contribution is -0.114. The van der Waals surface area contributed by atoms with Crippen LogP contribution in [-0.4, -0.2) is 28.4 Å². The molecule has 0 spiro atoms. The van der Waals surface area contributed by atoms with Gasteiger partial charge >= 0.3 is 0 Å². The molecular weight excluding hydrogens is 471 g/mol. The number of aliphatic hydroxyl groups excluding tert-OH is 1. The average molecular weight is 497 g/mol. The summed E-state index contributed by atoms with van der Waals surface area (Å²) < 4.78 is 0. The molecule has 7 heteroatoms. The maximum atomic E-state index is 13.7. The molecular formula is C27H26Cl2N2O3. The van der Waals surface area contributed by atoms with Gasteiger partial charge in [0.25, 0.3) is 5.91 Å². The van der Waals surface area contributed by atoms with Crippen molar-refractivity contribution in [1.29, 1.82) is 0 Å². The fourth-order valence-corrected chi connectivity index (χ4v) is 4.21. The van der Waals surface area contributed by atoms with Gasteiger partial charge in [-0.2, -0.15) is 0 Å². The number of hydrogen-bond donors (Lipinski definition) is 2. The van der Waals surface area contributed by atoms with Crippen molar-refractivity contribution < 1.29 is 14.7 Å². The highest BCUT2D eigenvalue weighted by Crippen LogP contribution is 2.40. The van der Waals surface area contributed by atoms with Crippen LogP contribution in [0.2, 0.25) is 10.0 Å². The van der Waals surface area contributed by atoms with Crippen LogP contribution in [0.3, 0.4) is 0 Å². The zero-order chi connectivity index (χ0) is 24.2. The van der Waals surface area contributed by atoms with E-state index in [9.17, 15) is 14.7 Å². The molecule has 2 amide bonds. The summed E-state index contributed by atoms with van der Waals surface area (Å²) in [7, 11) is 0. The summed E-state index contributed by atoms with van der Waals surface area (Å²) in [6, 6.07) is 19.9. The summed E-state index contributed by atoms with van der Waals surface area (Å²) in [5.41, 5.74) is 3.55. The number of nitrogens with zero attached hydrogens (tertiary/aromatic N) is 1. The Morgan fingerprint density at radius 3 is 2.26 bits per heavy atom. The molecule has 1 aliphatic carbocycles. The van der Waals surface area contributed by atoms with Gasteiger partial charge in [0.15, 0.2) is 0 Å². The van der Waals surface area contributed by atoms with Gasteiger partial charge in [-0.3, -0.25) is 9.59 Å². The first kappa shape index (κ1) is 24.3. The van der Waals surface area contributed by atoms with E-state index in [0.29, 0.717) is 33.8 Å². The number of amides is 2. The largest absolute Gasteiger partial charge is 0.387 e. The number of nitrogens with one attached hydrogen (secondary N) is 1. The maximum Gasteiger partial charge on any atom is 0.256 e.